The smallest absolute Gasteiger partial charge is 0.257 e. The molecule has 7 heteroatoms. The number of nitrogens with one attached hydrogen (secondary N) is 2. The summed E-state index contributed by atoms with van der Waals surface area (Å²) < 4.78 is 25.6. The molecule has 0 saturated carbocycles. The van der Waals surface area contributed by atoms with E-state index in [0.717, 1.165) is 0 Å². The van der Waals surface area contributed by atoms with Gasteiger partial charge in [-0.25, -0.2) is 18.1 Å². The number of aryl methyl sites for hydroxylation is 1. The average Bonchev–Trinajstić information content (AvgIpc) is 2.51. The first-order chi connectivity index (χ1) is 6.95. The lowest BCUT2D eigenvalue weighted by Crippen LogP contribution is -2.32. The molecule has 0 aliphatic rings. The van der Waals surface area contributed by atoms with E-state index in [9.17, 15) is 8.42 Å². The van der Waals surface area contributed by atoms with Crippen LogP contribution < -0.4 is 4.72 Å². The average molecular weight is 228 g/mol. The first kappa shape index (κ1) is 11.7. The highest BCUT2D eigenvalue weighted by Gasteiger charge is 2.18. The van der Waals surface area contributed by atoms with Crippen molar-refractivity contribution in [2.75, 3.05) is 0 Å². The molecule has 1 atom stereocenters. The zero-order chi connectivity index (χ0) is 11.5. The van der Waals surface area contributed by atoms with Gasteiger partial charge in [-0.05, 0) is 13.8 Å². The van der Waals surface area contributed by atoms with Crippen LogP contribution >= 0.6 is 0 Å². The molecule has 0 radical (unpaired) electrons. The van der Waals surface area contributed by atoms with Crippen molar-refractivity contribution in [3.63, 3.8) is 0 Å². The fourth-order valence-electron chi connectivity index (χ4n) is 1.04. The molecular formula is C8H12N4O2S. The van der Waals surface area contributed by atoms with E-state index < -0.39 is 16.1 Å². The Morgan fingerprint density at radius 1 is 1.73 bits per heavy atom. The van der Waals surface area contributed by atoms with Crippen LogP contribution in [0.4, 0.5) is 0 Å². The van der Waals surface area contributed by atoms with Crippen LogP contribution in [0.2, 0.25) is 0 Å². The molecule has 1 aromatic heterocycles. The number of aromatic amines is 1. The minimum absolute atomic E-state index is 0.0183. The van der Waals surface area contributed by atoms with Crippen molar-refractivity contribution in [1.29, 1.82) is 5.26 Å². The van der Waals surface area contributed by atoms with Crippen molar-refractivity contribution in [1.82, 2.24) is 14.7 Å². The maximum atomic E-state index is 11.6. The molecule has 6 nitrogen and oxygen atoms in total. The van der Waals surface area contributed by atoms with Gasteiger partial charge in [0.1, 0.15) is 5.82 Å². The maximum Gasteiger partial charge on any atom is 0.257 e. The monoisotopic (exact) mass is 228 g/mol. The number of nitriles is 1. The molecule has 0 aliphatic carbocycles. The molecule has 1 rings (SSSR count). The van der Waals surface area contributed by atoms with E-state index in [2.05, 4.69) is 14.7 Å². The number of hydrogen-bond acceptors (Lipinski definition) is 4. The summed E-state index contributed by atoms with van der Waals surface area (Å²) in [5.74, 6) is 0.531. The third-order valence-corrected chi connectivity index (χ3v) is 3.22. The Morgan fingerprint density at radius 3 is 2.87 bits per heavy atom. The summed E-state index contributed by atoms with van der Waals surface area (Å²) in [6.45, 7) is 3.29. The number of aromatic nitrogens is 2. The van der Waals surface area contributed by atoms with Crippen LogP contribution in [0.5, 0.6) is 0 Å². The van der Waals surface area contributed by atoms with Crippen LogP contribution in [0.1, 0.15) is 19.2 Å². The topological polar surface area (TPSA) is 98.6 Å². The van der Waals surface area contributed by atoms with Gasteiger partial charge < -0.3 is 4.98 Å². The third-order valence-electron chi connectivity index (χ3n) is 1.72. The zero-order valence-electron chi connectivity index (χ0n) is 8.48. The molecule has 0 aliphatic heterocycles. The third kappa shape index (κ3) is 3.04. The Hall–Kier alpha value is -1.39. The van der Waals surface area contributed by atoms with E-state index in [1.807, 2.05) is 6.07 Å². The van der Waals surface area contributed by atoms with Crippen molar-refractivity contribution >= 4 is 10.0 Å². The number of rotatable bonds is 4. The van der Waals surface area contributed by atoms with Gasteiger partial charge in [-0.2, -0.15) is 5.26 Å². The van der Waals surface area contributed by atoms with E-state index in [0.29, 0.717) is 5.82 Å². The molecule has 0 spiro atoms. The minimum atomic E-state index is -3.58. The van der Waals surface area contributed by atoms with Gasteiger partial charge in [-0.15, -0.1) is 0 Å². The van der Waals surface area contributed by atoms with Gasteiger partial charge in [-0.3, -0.25) is 0 Å². The van der Waals surface area contributed by atoms with E-state index in [-0.39, 0.29) is 11.4 Å². The molecule has 0 fully saturated rings. The lowest BCUT2D eigenvalue weighted by molar-refractivity contribution is 0.560. The highest BCUT2D eigenvalue weighted by molar-refractivity contribution is 7.89. The second kappa shape index (κ2) is 4.42. The Bertz CT molecular complexity index is 471. The van der Waals surface area contributed by atoms with Gasteiger partial charge in [0.15, 0.2) is 5.03 Å². The summed E-state index contributed by atoms with van der Waals surface area (Å²) in [4.78, 5) is 6.42. The van der Waals surface area contributed by atoms with Gasteiger partial charge in [0, 0.05) is 6.04 Å². The van der Waals surface area contributed by atoms with Crippen LogP contribution in [0.25, 0.3) is 0 Å². The summed E-state index contributed by atoms with van der Waals surface area (Å²) >= 11 is 0. The number of hydrogen-bond donors (Lipinski definition) is 2. The number of H-pyrrole nitrogens is 1. The lowest BCUT2D eigenvalue weighted by Gasteiger charge is -2.08. The standard InChI is InChI=1S/C8H12N4O2S/c1-6(3-4-9)12-15(13,14)8-5-10-7(2)11-8/h5-6,12H,3H2,1-2H3,(H,10,11). The fraction of sp³-hybridized carbons (Fsp3) is 0.500. The normalized spacial score (nSPS) is 13.4. The molecule has 0 amide bonds. The molecule has 0 saturated heterocycles. The van der Waals surface area contributed by atoms with E-state index in [1.165, 1.54) is 6.20 Å². The van der Waals surface area contributed by atoms with Crippen molar-refractivity contribution in [2.24, 2.45) is 0 Å². The summed E-state index contributed by atoms with van der Waals surface area (Å²) in [5, 5.41) is 8.42. The van der Waals surface area contributed by atoms with Crippen LogP contribution in [0, 0.1) is 18.3 Å². The van der Waals surface area contributed by atoms with Gasteiger partial charge >= 0.3 is 0 Å². The quantitative estimate of drug-likeness (QED) is 0.774. The van der Waals surface area contributed by atoms with E-state index >= 15 is 0 Å². The van der Waals surface area contributed by atoms with Crippen molar-refractivity contribution in [3.8, 4) is 6.07 Å². The highest BCUT2D eigenvalue weighted by atomic mass is 32.2. The molecule has 1 unspecified atom stereocenters. The van der Waals surface area contributed by atoms with Gasteiger partial charge in [-0.1, -0.05) is 0 Å². The SMILES string of the molecule is Cc1ncc(S(=O)(=O)NC(C)CC#N)[nH]1. The largest absolute Gasteiger partial charge is 0.332 e. The van der Waals surface area contributed by atoms with Gasteiger partial charge in [0.2, 0.25) is 0 Å². The maximum absolute atomic E-state index is 11.6. The Morgan fingerprint density at radius 2 is 2.40 bits per heavy atom. The first-order valence-corrected chi connectivity index (χ1v) is 5.85. The Labute approximate surface area is 88.4 Å². The summed E-state index contributed by atoms with van der Waals surface area (Å²) in [5.41, 5.74) is 0. The van der Waals surface area contributed by atoms with E-state index in [1.54, 1.807) is 13.8 Å². The summed E-state index contributed by atoms with van der Waals surface area (Å²) in [6, 6.07) is 1.48. The van der Waals surface area contributed by atoms with Crippen LogP contribution in [0.3, 0.4) is 0 Å². The fourth-order valence-corrected chi connectivity index (χ4v) is 2.26. The first-order valence-electron chi connectivity index (χ1n) is 4.36. The molecular weight excluding hydrogens is 216 g/mol. The molecule has 0 bridgehead atoms. The Balaban J connectivity index is 2.81. The Kier molecular flexibility index (Phi) is 3.44. The van der Waals surface area contributed by atoms with Crippen molar-refractivity contribution in [2.45, 2.75) is 31.3 Å². The van der Waals surface area contributed by atoms with Gasteiger partial charge in [0.25, 0.3) is 10.0 Å². The van der Waals surface area contributed by atoms with E-state index in [4.69, 9.17) is 5.26 Å². The van der Waals surface area contributed by atoms with Crippen LogP contribution in [-0.2, 0) is 10.0 Å². The van der Waals surface area contributed by atoms with Gasteiger partial charge in [0.05, 0.1) is 18.7 Å². The predicted molar refractivity (Wildman–Crippen MR) is 53.3 cm³/mol. The molecule has 2 N–H and O–H groups in total. The summed E-state index contributed by atoms with van der Waals surface area (Å²) in [7, 11) is -3.58. The van der Waals surface area contributed by atoms with Crippen LogP contribution in [0.15, 0.2) is 11.2 Å². The number of nitrogens with zero attached hydrogens (tertiary/aromatic N) is 2. The van der Waals surface area contributed by atoms with Crippen molar-refractivity contribution < 1.29 is 8.42 Å². The molecule has 1 heterocycles. The second-order valence-corrected chi connectivity index (χ2v) is 4.90. The predicted octanol–water partition coefficient (Wildman–Crippen LogP) is 0.299. The molecule has 0 aromatic carbocycles. The molecule has 1 aromatic rings. The van der Waals surface area contributed by atoms with Crippen LogP contribution in [-0.4, -0.2) is 24.4 Å². The zero-order valence-corrected chi connectivity index (χ0v) is 9.30. The highest BCUT2D eigenvalue weighted by Crippen LogP contribution is 2.06. The number of imidazole rings is 1. The lowest BCUT2D eigenvalue weighted by atomic mass is 10.3. The minimum Gasteiger partial charge on any atom is -0.332 e. The second-order valence-electron chi connectivity index (χ2n) is 3.22. The summed E-state index contributed by atoms with van der Waals surface area (Å²) in [6.07, 6.45) is 1.38. The van der Waals surface area contributed by atoms with Crippen molar-refractivity contribution in [3.05, 3.63) is 12.0 Å². The molecule has 82 valence electrons. The molecule has 15 heavy (non-hydrogen) atoms. The number of sulfonamides is 1.